The highest BCUT2D eigenvalue weighted by molar-refractivity contribution is 5.94. The van der Waals surface area contributed by atoms with E-state index < -0.39 is 0 Å². The number of carbonyl (C=O) groups is 3. The Balaban J connectivity index is 1.51. The Morgan fingerprint density at radius 3 is 2.37 bits per heavy atom. The molecule has 2 aliphatic rings. The predicted molar refractivity (Wildman–Crippen MR) is 95.4 cm³/mol. The summed E-state index contributed by atoms with van der Waals surface area (Å²) < 4.78 is 18.0. The fourth-order valence-electron chi connectivity index (χ4n) is 3.52. The summed E-state index contributed by atoms with van der Waals surface area (Å²) in [6.07, 6.45) is 0.233. The summed E-state index contributed by atoms with van der Waals surface area (Å²) in [5, 5.41) is 0. The zero-order valence-electron chi connectivity index (χ0n) is 15.4. The van der Waals surface area contributed by atoms with Crippen LogP contribution < -0.4 is 0 Å². The zero-order chi connectivity index (χ0) is 19.4. The molecule has 0 N–H and O–H groups in total. The molecule has 3 rings (SSSR count). The van der Waals surface area contributed by atoms with E-state index in [-0.39, 0.29) is 35.9 Å². The summed E-state index contributed by atoms with van der Waals surface area (Å²) in [7, 11) is 1.58. The Hall–Kier alpha value is -2.48. The van der Waals surface area contributed by atoms with Gasteiger partial charge in [-0.1, -0.05) is 0 Å². The van der Waals surface area contributed by atoms with Crippen LogP contribution in [0.25, 0.3) is 0 Å². The van der Waals surface area contributed by atoms with Crippen LogP contribution in [0.1, 0.15) is 16.8 Å². The Bertz CT molecular complexity index is 701. The minimum Gasteiger partial charge on any atom is -0.383 e. The van der Waals surface area contributed by atoms with E-state index in [0.717, 1.165) is 0 Å². The number of ether oxygens (including phenoxy) is 1. The van der Waals surface area contributed by atoms with Crippen molar-refractivity contribution in [2.45, 2.75) is 6.42 Å². The van der Waals surface area contributed by atoms with Crippen molar-refractivity contribution in [2.75, 3.05) is 53.0 Å². The van der Waals surface area contributed by atoms with Gasteiger partial charge in [-0.05, 0) is 24.3 Å². The van der Waals surface area contributed by atoms with Gasteiger partial charge in [0.2, 0.25) is 11.8 Å². The van der Waals surface area contributed by atoms with Gasteiger partial charge < -0.3 is 19.4 Å². The van der Waals surface area contributed by atoms with Crippen molar-refractivity contribution < 1.29 is 23.5 Å². The van der Waals surface area contributed by atoms with E-state index in [1.807, 2.05) is 0 Å². The highest BCUT2D eigenvalue weighted by Gasteiger charge is 2.37. The summed E-state index contributed by atoms with van der Waals surface area (Å²) in [4.78, 5) is 42.3. The maximum atomic E-state index is 13.0. The molecule has 0 radical (unpaired) electrons. The molecule has 0 aromatic heterocycles. The average Bonchev–Trinajstić information content (AvgIpc) is 3.06. The van der Waals surface area contributed by atoms with E-state index in [1.165, 1.54) is 24.3 Å². The van der Waals surface area contributed by atoms with Crippen molar-refractivity contribution in [3.63, 3.8) is 0 Å². The lowest BCUT2D eigenvalue weighted by Crippen LogP contribution is -2.52. The number of nitrogens with zero attached hydrogens (tertiary/aromatic N) is 3. The van der Waals surface area contributed by atoms with Gasteiger partial charge in [0.15, 0.2) is 0 Å². The first kappa shape index (κ1) is 19.3. The van der Waals surface area contributed by atoms with Crippen LogP contribution in [0.4, 0.5) is 4.39 Å². The second-order valence-corrected chi connectivity index (χ2v) is 6.86. The first-order valence-electron chi connectivity index (χ1n) is 9.10. The molecule has 7 nitrogen and oxygen atoms in total. The van der Waals surface area contributed by atoms with E-state index in [0.29, 0.717) is 51.4 Å². The normalized spacial score (nSPS) is 20.3. The van der Waals surface area contributed by atoms with Crippen LogP contribution in [0, 0.1) is 11.7 Å². The Kier molecular flexibility index (Phi) is 6.05. The number of rotatable bonds is 5. The summed E-state index contributed by atoms with van der Waals surface area (Å²) >= 11 is 0. The van der Waals surface area contributed by atoms with Crippen molar-refractivity contribution in [1.29, 1.82) is 0 Å². The molecule has 0 spiro atoms. The van der Waals surface area contributed by atoms with E-state index >= 15 is 0 Å². The minimum absolute atomic E-state index is 0.0180. The molecule has 3 amide bonds. The van der Waals surface area contributed by atoms with Crippen LogP contribution in [0.3, 0.4) is 0 Å². The quantitative estimate of drug-likeness (QED) is 0.754. The molecule has 27 heavy (non-hydrogen) atoms. The number of methoxy groups -OCH3 is 1. The second kappa shape index (κ2) is 8.47. The second-order valence-electron chi connectivity index (χ2n) is 6.86. The van der Waals surface area contributed by atoms with Gasteiger partial charge in [-0.3, -0.25) is 14.4 Å². The van der Waals surface area contributed by atoms with Crippen LogP contribution in [0.2, 0.25) is 0 Å². The standard InChI is InChI=1S/C19H24FN3O4/c1-27-11-10-23-13-15(12-17(23)24)19(26)22-8-6-21(7-9-22)18(25)14-2-4-16(20)5-3-14/h2-5,15H,6-13H2,1H3. The van der Waals surface area contributed by atoms with Gasteiger partial charge in [0.05, 0.1) is 12.5 Å². The van der Waals surface area contributed by atoms with Gasteiger partial charge >= 0.3 is 0 Å². The predicted octanol–water partition coefficient (Wildman–Crippen LogP) is 0.605. The molecule has 2 fully saturated rings. The van der Waals surface area contributed by atoms with Crippen LogP contribution in [0.15, 0.2) is 24.3 Å². The van der Waals surface area contributed by atoms with Gasteiger partial charge in [-0.2, -0.15) is 0 Å². The molecule has 8 heteroatoms. The SMILES string of the molecule is COCCN1CC(C(=O)N2CCN(C(=O)c3ccc(F)cc3)CC2)CC1=O. The van der Waals surface area contributed by atoms with Crippen LogP contribution >= 0.6 is 0 Å². The fourth-order valence-corrected chi connectivity index (χ4v) is 3.52. The molecule has 1 atom stereocenters. The molecule has 1 aromatic rings. The van der Waals surface area contributed by atoms with Gasteiger partial charge in [-0.25, -0.2) is 4.39 Å². The number of hydrogen-bond donors (Lipinski definition) is 0. The number of amides is 3. The van der Waals surface area contributed by atoms with E-state index in [2.05, 4.69) is 0 Å². The van der Waals surface area contributed by atoms with Crippen LogP contribution in [0.5, 0.6) is 0 Å². The van der Waals surface area contributed by atoms with E-state index in [1.54, 1.807) is 21.8 Å². The van der Waals surface area contributed by atoms with Crippen molar-refractivity contribution in [1.82, 2.24) is 14.7 Å². The lowest BCUT2D eigenvalue weighted by atomic mass is 10.1. The van der Waals surface area contributed by atoms with Crippen LogP contribution in [-0.4, -0.2) is 85.4 Å². The lowest BCUT2D eigenvalue weighted by molar-refractivity contribution is -0.137. The maximum Gasteiger partial charge on any atom is 0.253 e. The Labute approximate surface area is 157 Å². The molecule has 1 aromatic carbocycles. The van der Waals surface area contributed by atoms with E-state index in [9.17, 15) is 18.8 Å². The first-order valence-corrected chi connectivity index (χ1v) is 9.10. The number of halogens is 1. The summed E-state index contributed by atoms with van der Waals surface area (Å²) in [5.41, 5.74) is 0.436. The number of carbonyl (C=O) groups excluding carboxylic acids is 3. The molecule has 1 unspecified atom stereocenters. The third-order valence-corrected chi connectivity index (χ3v) is 5.10. The topological polar surface area (TPSA) is 70.2 Å². The van der Waals surface area contributed by atoms with Crippen molar-refractivity contribution in [2.24, 2.45) is 5.92 Å². The van der Waals surface area contributed by atoms with Gasteiger partial charge in [0.25, 0.3) is 5.91 Å². The molecule has 146 valence electrons. The van der Waals surface area contributed by atoms with Crippen molar-refractivity contribution >= 4 is 17.7 Å². The number of piperazine rings is 1. The summed E-state index contributed by atoms with van der Waals surface area (Å²) in [6, 6.07) is 5.46. The fraction of sp³-hybridized carbons (Fsp3) is 0.526. The maximum absolute atomic E-state index is 13.0. The Morgan fingerprint density at radius 2 is 1.74 bits per heavy atom. The van der Waals surface area contributed by atoms with Gasteiger partial charge in [-0.15, -0.1) is 0 Å². The highest BCUT2D eigenvalue weighted by atomic mass is 19.1. The van der Waals surface area contributed by atoms with Crippen molar-refractivity contribution in [3.05, 3.63) is 35.6 Å². The molecule has 0 saturated carbocycles. The van der Waals surface area contributed by atoms with Gasteiger partial charge in [0, 0.05) is 58.4 Å². The Morgan fingerprint density at radius 1 is 1.11 bits per heavy atom. The number of hydrogen-bond acceptors (Lipinski definition) is 4. The third kappa shape index (κ3) is 4.44. The zero-order valence-corrected chi connectivity index (χ0v) is 15.4. The smallest absolute Gasteiger partial charge is 0.253 e. The molecule has 0 bridgehead atoms. The molecule has 0 aliphatic carbocycles. The summed E-state index contributed by atoms with van der Waals surface area (Å²) in [5.74, 6) is -0.919. The molecular weight excluding hydrogens is 353 g/mol. The van der Waals surface area contributed by atoms with Crippen LogP contribution in [-0.2, 0) is 14.3 Å². The monoisotopic (exact) mass is 377 g/mol. The summed E-state index contributed by atoms with van der Waals surface area (Å²) in [6.45, 7) is 3.11. The minimum atomic E-state index is -0.382. The third-order valence-electron chi connectivity index (χ3n) is 5.10. The molecule has 2 saturated heterocycles. The van der Waals surface area contributed by atoms with E-state index in [4.69, 9.17) is 4.74 Å². The number of likely N-dealkylation sites (tertiary alicyclic amines) is 1. The molecular formula is C19H24FN3O4. The first-order chi connectivity index (χ1) is 13.0. The molecule has 2 aliphatic heterocycles. The van der Waals surface area contributed by atoms with Crippen molar-refractivity contribution in [3.8, 4) is 0 Å². The molecule has 2 heterocycles. The lowest BCUT2D eigenvalue weighted by Gasteiger charge is -2.36. The number of benzene rings is 1. The largest absolute Gasteiger partial charge is 0.383 e. The van der Waals surface area contributed by atoms with Gasteiger partial charge in [0.1, 0.15) is 5.82 Å². The average molecular weight is 377 g/mol. The highest BCUT2D eigenvalue weighted by Crippen LogP contribution is 2.21.